The van der Waals surface area contributed by atoms with E-state index in [0.717, 1.165) is 120 Å². The predicted octanol–water partition coefficient (Wildman–Crippen LogP) is 7.48. The number of phenolic OH excluding ortho intramolecular Hbond substituents is 1. The monoisotopic (exact) mass is 1780 g/mol. The summed E-state index contributed by atoms with van der Waals surface area (Å²) in [7, 11) is 1.93. The molecular formula is C94H121N21O15. The van der Waals surface area contributed by atoms with Crippen LogP contribution in [0.5, 0.6) is 11.6 Å². The summed E-state index contributed by atoms with van der Waals surface area (Å²) in [5, 5.41) is 50.9. The fourth-order valence-electron chi connectivity index (χ4n) is 19.5. The van der Waals surface area contributed by atoms with E-state index in [9.17, 15) is 53.5 Å². The van der Waals surface area contributed by atoms with Gasteiger partial charge < -0.3 is 96.4 Å². The number of piperazine rings is 2. The fourth-order valence-corrected chi connectivity index (χ4v) is 19.5. The Labute approximate surface area is 756 Å². The second-order valence-corrected chi connectivity index (χ2v) is 36.5. The first kappa shape index (κ1) is 92.2. The Bertz CT molecular complexity index is 5090. The van der Waals surface area contributed by atoms with Crippen LogP contribution < -0.4 is 57.5 Å². The number of pyridine rings is 1. The van der Waals surface area contributed by atoms with E-state index in [-0.39, 0.29) is 123 Å². The number of benzene rings is 3. The van der Waals surface area contributed by atoms with Gasteiger partial charge in [0.05, 0.1) is 59.4 Å². The number of nitrogens with one attached hydrogen (secondary N) is 6. The van der Waals surface area contributed by atoms with Crippen LogP contribution in [0, 0.1) is 28.6 Å². The molecule has 2 bridgehead atoms. The van der Waals surface area contributed by atoms with Crippen molar-refractivity contribution < 1.29 is 72.0 Å². The van der Waals surface area contributed by atoms with Crippen molar-refractivity contribution in [1.29, 1.82) is 5.26 Å². The minimum absolute atomic E-state index is 0.0270. The number of carbonyl (C=O) groups is 10. The molecule has 8 atom stereocenters. The van der Waals surface area contributed by atoms with Gasteiger partial charge in [0.2, 0.25) is 41.5 Å². The van der Waals surface area contributed by atoms with Gasteiger partial charge in [0.1, 0.15) is 35.5 Å². The van der Waals surface area contributed by atoms with Gasteiger partial charge >= 0.3 is 12.2 Å². The molecule has 36 heteroatoms. The van der Waals surface area contributed by atoms with Crippen LogP contribution in [0.25, 0.3) is 11.3 Å². The largest absolute Gasteiger partial charge is 0.509 e. The number of likely N-dealkylation sites (tertiary alicyclic amines) is 2. The predicted molar refractivity (Wildman–Crippen MR) is 482 cm³/mol. The summed E-state index contributed by atoms with van der Waals surface area (Å²) in [4.78, 5) is 158. The average molecular weight is 1790 g/mol. The van der Waals surface area contributed by atoms with Gasteiger partial charge in [-0.3, -0.25) is 48.4 Å². The van der Waals surface area contributed by atoms with E-state index in [0.29, 0.717) is 103 Å². The topological polar surface area (TPSA) is 457 Å². The molecule has 7 saturated heterocycles. The highest BCUT2D eigenvalue weighted by molar-refractivity contribution is 6.13. The van der Waals surface area contributed by atoms with Crippen molar-refractivity contribution in [3.63, 3.8) is 0 Å². The second kappa shape index (κ2) is 41.9. The molecule has 8 aliphatic heterocycles. The number of nitrogen functional groups attached to an aromatic ring is 1. The quantitative estimate of drug-likeness (QED) is 0.00805. The van der Waals surface area contributed by atoms with Crippen LogP contribution in [0.15, 0.2) is 115 Å². The number of phenols is 1. The van der Waals surface area contributed by atoms with Crippen LogP contribution in [-0.2, 0) is 52.6 Å². The summed E-state index contributed by atoms with van der Waals surface area (Å²) in [5.74, 6) is -2.75. The van der Waals surface area contributed by atoms with Crippen LogP contribution in [0.3, 0.4) is 0 Å². The Balaban J connectivity index is 0.534. The summed E-state index contributed by atoms with van der Waals surface area (Å²) in [6.45, 7) is 13.7. The molecule has 2 saturated carbocycles. The lowest BCUT2D eigenvalue weighted by molar-refractivity contribution is -0.151. The van der Waals surface area contributed by atoms with Gasteiger partial charge in [-0.15, -0.1) is 10.2 Å². The van der Waals surface area contributed by atoms with Crippen LogP contribution in [-0.4, -0.2) is 268 Å². The maximum atomic E-state index is 15.5. The standard InChI is InChI=1S/C94H121N21O15/c1-58(2)83(75-52-79(106-105-75)110-41-29-61(30-42-110)54-109-39-31-68(32-40-109)127-69-48-70(49-69)128-80-47-65(28-37-98-80)113-55-67-14-10-13-66(113)56-114(67)76-51-74(104-107-85(76)96)72-15-6-7-17-78(72)116)88(121)115-57-71(50-77(115)87(120)101-59(3)62-20-18-60(53-95)19-21-62)129-93(126)130-84(89(122)111-45-43-108(4)44-46-111)63-22-24-64(25-23-63)102-86(119)73(16-11-36-100-92(97)125)103-91(124)94(33-12-34-94)90(123)99-35-8-5-9-38-112-81(117)26-27-82(112)118/h6-7,15,17-28,37,47,51-52,58-59,61,66-71,73,77,83-84,116H,5,8-14,16,29-36,38-46,48-50,54-57H2,1-4H3,(H2,96,107)(H,99,123)(H,101,120)(H,102,119)(H,103,124)(H,105,106)(H3,97,100,125)/t59-,66?,67?,69-,70-,71+,73?,77?,83?,84?/m0/s1. The van der Waals surface area contributed by atoms with E-state index in [4.69, 9.17) is 35.5 Å². The molecule has 11 N–H and O–H groups in total. The molecule has 0 radical (unpaired) electrons. The molecule has 2 aliphatic carbocycles. The SMILES string of the molecule is CC(C)C(C(=O)N1C[C@H](OC(=O)OC(C(=O)N2CCN(C)CC2)c2ccc(NC(=O)C(CCCNC(N)=O)NC(=O)C3(C(=O)NCCCCCN4C(=O)C=CC4=O)CCC3)cc2)CC1C(=O)N[C@@H](C)c1ccc(C#N)cc1)c1cc(N2CCC(CN3CCC(O[C@H]4C[C@H](Oc5cc(N6CC7CCCC6CN7c6cc(-c7ccccc7O)nnc6N)ccn5)C4)CC3)CC2)n[nH]1. The van der Waals surface area contributed by atoms with E-state index in [1.54, 1.807) is 48.2 Å². The number of likely N-dealkylation sites (N-methyl/N-ethyl adjacent to an activating group) is 1. The summed E-state index contributed by atoms with van der Waals surface area (Å²) >= 11 is 0. The number of nitrogens with zero attached hydrogens (tertiary/aromatic N) is 13. The van der Waals surface area contributed by atoms with Crippen molar-refractivity contribution in [2.24, 2.45) is 23.0 Å². The number of unbranched alkanes of at least 4 members (excludes halogenated alkanes) is 2. The van der Waals surface area contributed by atoms with Gasteiger partial charge in [0.15, 0.2) is 11.6 Å². The number of rotatable bonds is 35. The van der Waals surface area contributed by atoms with Gasteiger partial charge in [-0.05, 0) is 170 Å². The number of hydrogen-bond acceptors (Lipinski definition) is 26. The Morgan fingerprint density at radius 3 is 2.11 bits per heavy atom. The zero-order valence-electron chi connectivity index (χ0n) is 74.4. The minimum atomic E-state index is -1.57. The Morgan fingerprint density at radius 1 is 0.700 bits per heavy atom. The van der Waals surface area contributed by atoms with E-state index >= 15 is 4.79 Å². The number of nitriles is 1. The molecule has 6 unspecified atom stereocenters. The third-order valence-corrected chi connectivity index (χ3v) is 27.3. The lowest BCUT2D eigenvalue weighted by Gasteiger charge is -2.46. The lowest BCUT2D eigenvalue weighted by atomic mass is 9.67. The number of ether oxygens (including phenoxy) is 4. The maximum absolute atomic E-state index is 15.5. The van der Waals surface area contributed by atoms with E-state index in [2.05, 4.69) is 89.6 Å². The molecule has 3 aromatic carbocycles. The number of imide groups is 1. The number of fused-ring (bicyclic) bond motifs is 4. The highest BCUT2D eigenvalue weighted by atomic mass is 16.7. The highest BCUT2D eigenvalue weighted by Crippen LogP contribution is 2.44. The molecule has 6 aromatic rings. The van der Waals surface area contributed by atoms with Crippen molar-refractivity contribution >= 4 is 88.1 Å². The fraction of sp³-hybridized carbons (Fsp3) is 0.543. The number of aromatic nitrogens is 5. The molecule has 9 fully saturated rings. The second-order valence-electron chi connectivity index (χ2n) is 36.5. The summed E-state index contributed by atoms with van der Waals surface area (Å²) in [6, 6.07) is 26.9. The van der Waals surface area contributed by atoms with Crippen LogP contribution in [0.4, 0.5) is 38.3 Å². The van der Waals surface area contributed by atoms with Gasteiger partial charge in [-0.2, -0.15) is 10.4 Å². The first-order valence-electron chi connectivity index (χ1n) is 46.1. The van der Waals surface area contributed by atoms with Crippen molar-refractivity contribution in [1.82, 2.24) is 71.1 Å². The third-order valence-electron chi connectivity index (χ3n) is 27.3. The van der Waals surface area contributed by atoms with Crippen LogP contribution in [0.2, 0.25) is 0 Å². The summed E-state index contributed by atoms with van der Waals surface area (Å²) in [5.41, 5.74) is 15.7. The number of urea groups is 1. The summed E-state index contributed by atoms with van der Waals surface area (Å²) < 4.78 is 25.4. The number of primary amides is 1. The van der Waals surface area contributed by atoms with E-state index in [1.807, 2.05) is 51.4 Å². The van der Waals surface area contributed by atoms with Crippen molar-refractivity contribution in [2.75, 3.05) is 131 Å². The Hall–Kier alpha value is -12.5. The van der Waals surface area contributed by atoms with Gasteiger partial charge in [-0.1, -0.05) is 56.7 Å². The Kier molecular flexibility index (Phi) is 29.8. The lowest BCUT2D eigenvalue weighted by Crippen LogP contribution is -2.58. The van der Waals surface area contributed by atoms with Gasteiger partial charge in [0, 0.05) is 176 Å². The van der Waals surface area contributed by atoms with Gasteiger partial charge in [0.25, 0.3) is 17.7 Å². The minimum Gasteiger partial charge on any atom is -0.507 e. The van der Waals surface area contributed by atoms with Crippen molar-refractivity contribution in [2.45, 2.75) is 203 Å². The van der Waals surface area contributed by atoms with Crippen molar-refractivity contribution in [3.8, 4) is 29.0 Å². The zero-order chi connectivity index (χ0) is 91.3. The molecule has 3 aromatic heterocycles. The molecule has 36 nitrogen and oxygen atoms in total. The number of piperidine rings is 2. The van der Waals surface area contributed by atoms with Crippen LogP contribution >= 0.6 is 0 Å². The van der Waals surface area contributed by atoms with E-state index < -0.39 is 89.3 Å². The third kappa shape index (κ3) is 22.1. The number of anilines is 5. The number of aromatic hydroxyl groups is 1. The van der Waals surface area contributed by atoms with Crippen LogP contribution in [0.1, 0.15) is 177 Å². The molecular weight excluding hydrogens is 1660 g/mol. The smallest absolute Gasteiger partial charge is 0.507 e. The molecule has 10 aliphatic rings. The molecule has 11 heterocycles. The molecule has 16 rings (SSSR count). The molecule has 692 valence electrons. The Morgan fingerprint density at radius 2 is 1.41 bits per heavy atom. The molecule has 130 heavy (non-hydrogen) atoms. The summed E-state index contributed by atoms with van der Waals surface area (Å²) in [6.07, 6.45) is 12.2. The normalized spacial score (nSPS) is 22.2. The zero-order valence-corrected chi connectivity index (χ0v) is 74.4. The number of para-hydroxylation sites is 1. The number of aromatic amines is 1. The number of nitrogens with two attached hydrogens (primary N) is 2. The van der Waals surface area contributed by atoms with Gasteiger partial charge in [-0.25, -0.2) is 14.6 Å². The van der Waals surface area contributed by atoms with E-state index in [1.165, 1.54) is 41.3 Å². The number of H-pyrrole nitrogens is 1. The highest BCUT2D eigenvalue weighted by Gasteiger charge is 2.52. The average Bonchev–Trinajstić information content (AvgIpc) is 1.31. The first-order valence-corrected chi connectivity index (χ1v) is 46.1. The number of amides is 10. The maximum Gasteiger partial charge on any atom is 0.509 e. The van der Waals surface area contributed by atoms with Crippen molar-refractivity contribution in [3.05, 3.63) is 138 Å². The first-order chi connectivity index (χ1) is 62.8. The number of hydrogen-bond donors (Lipinski definition) is 9. The molecule has 0 spiro atoms. The molecule has 10 amide bonds. The number of carbonyl (C=O) groups excluding carboxylic acids is 10.